The number of carboxylic acids is 2. The van der Waals surface area contributed by atoms with Crippen molar-refractivity contribution >= 4 is 23.7 Å². The first-order valence-electron chi connectivity index (χ1n) is 8.62. The van der Waals surface area contributed by atoms with Crippen LogP contribution < -0.4 is 0 Å². The SMILES string of the molecule is CCCCc1ncc(CSC(C)C(=O)O)n1Cc1ccc(C(=O)O)cc1. The zero-order chi connectivity index (χ0) is 19.1. The number of hydrogen-bond acceptors (Lipinski definition) is 4. The Morgan fingerprint density at radius 2 is 1.92 bits per heavy atom. The molecule has 0 aliphatic heterocycles. The molecule has 7 heteroatoms. The summed E-state index contributed by atoms with van der Waals surface area (Å²) in [5.41, 5.74) is 2.23. The van der Waals surface area contributed by atoms with Crippen molar-refractivity contribution < 1.29 is 19.8 Å². The Hall–Kier alpha value is -2.28. The number of benzene rings is 1. The number of unbranched alkanes of at least 4 members (excludes halogenated alkanes) is 1. The van der Waals surface area contributed by atoms with Crippen molar-refractivity contribution in [3.63, 3.8) is 0 Å². The maximum atomic E-state index is 11.0. The van der Waals surface area contributed by atoms with E-state index in [1.54, 1.807) is 19.1 Å². The van der Waals surface area contributed by atoms with Gasteiger partial charge in [-0.3, -0.25) is 4.79 Å². The molecule has 0 saturated heterocycles. The van der Waals surface area contributed by atoms with Crippen molar-refractivity contribution in [2.75, 3.05) is 0 Å². The summed E-state index contributed by atoms with van der Waals surface area (Å²) in [4.78, 5) is 26.6. The van der Waals surface area contributed by atoms with E-state index in [0.717, 1.165) is 36.3 Å². The second kappa shape index (κ2) is 9.43. The van der Waals surface area contributed by atoms with Crippen molar-refractivity contribution in [1.29, 1.82) is 0 Å². The molecule has 1 heterocycles. The smallest absolute Gasteiger partial charge is 0.335 e. The van der Waals surface area contributed by atoms with E-state index in [-0.39, 0.29) is 5.56 Å². The van der Waals surface area contributed by atoms with E-state index in [1.807, 2.05) is 18.3 Å². The molecule has 0 saturated carbocycles. The molecule has 1 aromatic heterocycles. The summed E-state index contributed by atoms with van der Waals surface area (Å²) in [5.74, 6) is -0.216. The molecule has 0 fully saturated rings. The van der Waals surface area contributed by atoms with Crippen molar-refractivity contribution in [3.8, 4) is 0 Å². The van der Waals surface area contributed by atoms with Crippen molar-refractivity contribution in [2.24, 2.45) is 0 Å². The predicted molar refractivity (Wildman–Crippen MR) is 102 cm³/mol. The second-order valence-electron chi connectivity index (χ2n) is 6.15. The molecule has 0 spiro atoms. The van der Waals surface area contributed by atoms with Crippen LogP contribution in [0.4, 0.5) is 0 Å². The van der Waals surface area contributed by atoms with Gasteiger partial charge in [0, 0.05) is 30.6 Å². The molecule has 0 aliphatic rings. The van der Waals surface area contributed by atoms with Gasteiger partial charge in [0.15, 0.2) is 0 Å². The summed E-state index contributed by atoms with van der Waals surface area (Å²) in [6.07, 6.45) is 4.79. The van der Waals surface area contributed by atoms with Gasteiger partial charge in [-0.1, -0.05) is 25.5 Å². The quantitative estimate of drug-likeness (QED) is 0.657. The van der Waals surface area contributed by atoms with E-state index in [1.165, 1.54) is 11.8 Å². The summed E-state index contributed by atoms with van der Waals surface area (Å²) < 4.78 is 2.12. The molecular formula is C19H24N2O4S. The molecule has 0 amide bonds. The number of nitrogens with zero attached hydrogens (tertiary/aromatic N) is 2. The average molecular weight is 376 g/mol. The normalized spacial score (nSPS) is 12.1. The summed E-state index contributed by atoms with van der Waals surface area (Å²) in [6.45, 7) is 4.40. The zero-order valence-corrected chi connectivity index (χ0v) is 15.8. The fourth-order valence-electron chi connectivity index (χ4n) is 2.51. The molecule has 0 radical (unpaired) electrons. The standard InChI is InChI=1S/C19H24N2O4S/c1-3-4-5-17-20-10-16(12-26-13(2)18(22)23)21(17)11-14-6-8-15(9-7-14)19(24)25/h6-10,13H,3-5,11-12H2,1-2H3,(H,22,23)(H,24,25). The third-order valence-electron chi connectivity index (χ3n) is 4.15. The third kappa shape index (κ3) is 5.36. The second-order valence-corrected chi connectivity index (χ2v) is 7.48. The highest BCUT2D eigenvalue weighted by molar-refractivity contribution is 7.99. The van der Waals surface area contributed by atoms with Gasteiger partial charge in [0.2, 0.25) is 0 Å². The molecule has 2 aromatic rings. The van der Waals surface area contributed by atoms with Crippen LogP contribution in [0.25, 0.3) is 0 Å². The Balaban J connectivity index is 2.20. The minimum atomic E-state index is -0.942. The van der Waals surface area contributed by atoms with E-state index in [9.17, 15) is 9.59 Å². The van der Waals surface area contributed by atoms with Crippen LogP contribution in [0.3, 0.4) is 0 Å². The number of carbonyl (C=O) groups is 2. The van der Waals surface area contributed by atoms with Gasteiger partial charge in [0.1, 0.15) is 5.82 Å². The number of hydrogen-bond donors (Lipinski definition) is 2. The number of aliphatic carboxylic acids is 1. The molecule has 1 atom stereocenters. The van der Waals surface area contributed by atoms with Crippen LogP contribution in [0.2, 0.25) is 0 Å². The zero-order valence-electron chi connectivity index (χ0n) is 15.0. The van der Waals surface area contributed by atoms with Crippen LogP contribution >= 0.6 is 11.8 Å². The third-order valence-corrected chi connectivity index (χ3v) is 5.31. The number of aromatic carboxylic acids is 1. The molecule has 1 aromatic carbocycles. The van der Waals surface area contributed by atoms with Gasteiger partial charge < -0.3 is 14.8 Å². The van der Waals surface area contributed by atoms with Crippen molar-refractivity contribution in [3.05, 3.63) is 53.1 Å². The fourth-order valence-corrected chi connectivity index (χ4v) is 3.31. The Labute approximate surface area is 157 Å². The van der Waals surface area contributed by atoms with Gasteiger partial charge in [-0.2, -0.15) is 0 Å². The lowest BCUT2D eigenvalue weighted by atomic mass is 10.1. The lowest BCUT2D eigenvalue weighted by Crippen LogP contribution is -2.13. The minimum absolute atomic E-state index is 0.261. The largest absolute Gasteiger partial charge is 0.480 e. The predicted octanol–water partition coefficient (Wildman–Crippen LogP) is 3.68. The van der Waals surface area contributed by atoms with Crippen molar-refractivity contribution in [2.45, 2.75) is 50.7 Å². The summed E-state index contributed by atoms with van der Waals surface area (Å²) in [5, 5.41) is 17.6. The maximum Gasteiger partial charge on any atom is 0.335 e. The first-order chi connectivity index (χ1) is 12.4. The van der Waals surface area contributed by atoms with Crippen LogP contribution in [-0.4, -0.2) is 37.0 Å². The average Bonchev–Trinajstić information content (AvgIpc) is 2.99. The van der Waals surface area contributed by atoms with Crippen molar-refractivity contribution in [1.82, 2.24) is 9.55 Å². The van der Waals surface area contributed by atoms with Gasteiger partial charge >= 0.3 is 11.9 Å². The molecule has 0 aliphatic carbocycles. The van der Waals surface area contributed by atoms with E-state index in [2.05, 4.69) is 16.5 Å². The van der Waals surface area contributed by atoms with Gasteiger partial charge in [0.05, 0.1) is 10.8 Å². The van der Waals surface area contributed by atoms with Gasteiger partial charge in [0.25, 0.3) is 0 Å². The highest BCUT2D eigenvalue weighted by atomic mass is 32.2. The fraction of sp³-hybridized carbons (Fsp3) is 0.421. The van der Waals surface area contributed by atoms with E-state index in [0.29, 0.717) is 12.3 Å². The number of aromatic nitrogens is 2. The molecule has 0 bridgehead atoms. The first kappa shape index (κ1) is 20.0. The summed E-state index contributed by atoms with van der Waals surface area (Å²) in [6, 6.07) is 6.82. The number of thioether (sulfide) groups is 1. The van der Waals surface area contributed by atoms with Crippen LogP contribution in [0.15, 0.2) is 30.5 Å². The van der Waals surface area contributed by atoms with Crippen LogP contribution in [-0.2, 0) is 23.5 Å². The number of aryl methyl sites for hydroxylation is 1. The molecule has 2 N–H and O–H groups in total. The van der Waals surface area contributed by atoms with Crippen LogP contribution in [0, 0.1) is 0 Å². The van der Waals surface area contributed by atoms with Gasteiger partial charge in [-0.25, -0.2) is 9.78 Å². The Morgan fingerprint density at radius 3 is 2.50 bits per heavy atom. The Morgan fingerprint density at radius 1 is 1.23 bits per heavy atom. The van der Waals surface area contributed by atoms with Gasteiger partial charge in [-0.05, 0) is 31.0 Å². The van der Waals surface area contributed by atoms with E-state index >= 15 is 0 Å². The lowest BCUT2D eigenvalue weighted by molar-refractivity contribution is -0.136. The molecule has 2 rings (SSSR count). The minimum Gasteiger partial charge on any atom is -0.480 e. The monoisotopic (exact) mass is 376 g/mol. The topological polar surface area (TPSA) is 92.4 Å². The van der Waals surface area contributed by atoms with Gasteiger partial charge in [-0.15, -0.1) is 11.8 Å². The number of carboxylic acid groups (broad SMARTS) is 2. The molecular weight excluding hydrogens is 352 g/mol. The van der Waals surface area contributed by atoms with Crippen LogP contribution in [0.1, 0.15) is 54.1 Å². The maximum absolute atomic E-state index is 11.0. The van der Waals surface area contributed by atoms with E-state index in [4.69, 9.17) is 10.2 Å². The highest BCUT2D eigenvalue weighted by Gasteiger charge is 2.15. The number of rotatable bonds is 10. The Bertz CT molecular complexity index is 755. The highest BCUT2D eigenvalue weighted by Crippen LogP contribution is 2.21. The molecule has 140 valence electrons. The first-order valence-corrected chi connectivity index (χ1v) is 9.67. The molecule has 6 nitrogen and oxygen atoms in total. The Kier molecular flexibility index (Phi) is 7.26. The van der Waals surface area contributed by atoms with Crippen LogP contribution in [0.5, 0.6) is 0 Å². The lowest BCUT2D eigenvalue weighted by Gasteiger charge is -2.13. The summed E-state index contributed by atoms with van der Waals surface area (Å²) in [7, 11) is 0. The summed E-state index contributed by atoms with van der Waals surface area (Å²) >= 11 is 1.37. The van der Waals surface area contributed by atoms with E-state index < -0.39 is 17.2 Å². The molecule has 1 unspecified atom stereocenters. The molecule has 26 heavy (non-hydrogen) atoms. The number of imidazole rings is 1.